The monoisotopic (exact) mass is 300 g/mol. The smallest absolute Gasteiger partial charge is 0.312 e. The highest BCUT2D eigenvalue weighted by Gasteiger charge is 2.15. The zero-order chi connectivity index (χ0) is 15.0. The summed E-state index contributed by atoms with van der Waals surface area (Å²) in [4.78, 5) is 5.76. The predicted molar refractivity (Wildman–Crippen MR) is 83.3 cm³/mol. The second kappa shape index (κ2) is 5.29. The first-order chi connectivity index (χ1) is 10.0. The van der Waals surface area contributed by atoms with E-state index in [1.54, 1.807) is 11.3 Å². The lowest BCUT2D eigenvalue weighted by molar-refractivity contribution is 0.524. The first-order valence-electron chi connectivity index (χ1n) is 6.64. The number of aromatic nitrogens is 3. The van der Waals surface area contributed by atoms with Crippen molar-refractivity contribution >= 4 is 17.4 Å². The molecule has 2 aromatic heterocycles. The Morgan fingerprint density at radius 2 is 1.95 bits per heavy atom. The summed E-state index contributed by atoms with van der Waals surface area (Å²) in [6.07, 6.45) is 0.554. The molecule has 0 saturated heterocycles. The molecule has 0 unspecified atom stereocenters. The molecule has 0 aliphatic heterocycles. The molecule has 0 aliphatic carbocycles. The number of hydrogen-bond donors (Lipinski definition) is 1. The lowest BCUT2D eigenvalue weighted by atomic mass is 10.0. The van der Waals surface area contributed by atoms with Crippen molar-refractivity contribution in [2.24, 2.45) is 0 Å². The normalized spacial score (nSPS) is 11.0. The number of nitrogens with two attached hydrogens (primary N) is 1. The third-order valence-corrected chi connectivity index (χ3v) is 4.35. The Hall–Kier alpha value is -2.21. The van der Waals surface area contributed by atoms with Crippen molar-refractivity contribution in [3.05, 3.63) is 45.1 Å². The molecular weight excluding hydrogens is 284 g/mol. The van der Waals surface area contributed by atoms with E-state index >= 15 is 0 Å². The van der Waals surface area contributed by atoms with E-state index in [9.17, 15) is 0 Å². The molecule has 0 radical (unpaired) electrons. The van der Waals surface area contributed by atoms with Crippen molar-refractivity contribution in [1.82, 2.24) is 15.2 Å². The molecule has 3 aromatic rings. The lowest BCUT2D eigenvalue weighted by Crippen LogP contribution is -1.91. The number of nitrogens with zero attached hydrogens (tertiary/aromatic N) is 3. The number of aryl methyl sites for hydroxylation is 3. The van der Waals surface area contributed by atoms with Crippen molar-refractivity contribution in [2.45, 2.75) is 27.2 Å². The van der Waals surface area contributed by atoms with Crippen LogP contribution in [0.25, 0.3) is 11.3 Å². The van der Waals surface area contributed by atoms with Gasteiger partial charge in [0, 0.05) is 10.4 Å². The van der Waals surface area contributed by atoms with E-state index in [0.717, 1.165) is 21.1 Å². The molecule has 0 saturated carbocycles. The Labute approximate surface area is 126 Å². The SMILES string of the molecule is Cc1nc(-c2ccc(C)c(C)c2)c(Cc2nnc(N)o2)s1. The van der Waals surface area contributed by atoms with Gasteiger partial charge in [-0.15, -0.1) is 16.4 Å². The van der Waals surface area contributed by atoms with Gasteiger partial charge in [-0.2, -0.15) is 0 Å². The second-order valence-electron chi connectivity index (χ2n) is 5.01. The topological polar surface area (TPSA) is 77.8 Å². The zero-order valence-electron chi connectivity index (χ0n) is 12.2. The van der Waals surface area contributed by atoms with E-state index in [-0.39, 0.29) is 6.01 Å². The van der Waals surface area contributed by atoms with Gasteiger partial charge in [0.05, 0.1) is 17.1 Å². The molecule has 5 nitrogen and oxygen atoms in total. The van der Waals surface area contributed by atoms with Crippen LogP contribution in [0.5, 0.6) is 0 Å². The number of rotatable bonds is 3. The molecule has 0 aliphatic rings. The standard InChI is InChI=1S/C15H16N4OS/c1-8-4-5-11(6-9(8)2)14-12(21-10(3)17-14)7-13-18-19-15(16)20-13/h4-6H,7H2,1-3H3,(H2,16,19). The fourth-order valence-electron chi connectivity index (χ4n) is 2.18. The average Bonchev–Trinajstić information content (AvgIpc) is 3.00. The molecule has 0 spiro atoms. The summed E-state index contributed by atoms with van der Waals surface area (Å²) in [6.45, 7) is 6.21. The highest BCUT2D eigenvalue weighted by atomic mass is 32.1. The minimum atomic E-state index is 0.0963. The quantitative estimate of drug-likeness (QED) is 0.803. The van der Waals surface area contributed by atoms with E-state index < -0.39 is 0 Å². The van der Waals surface area contributed by atoms with Crippen molar-refractivity contribution < 1.29 is 4.42 Å². The van der Waals surface area contributed by atoms with Gasteiger partial charge in [-0.3, -0.25) is 0 Å². The van der Waals surface area contributed by atoms with Gasteiger partial charge in [0.25, 0.3) is 0 Å². The number of anilines is 1. The summed E-state index contributed by atoms with van der Waals surface area (Å²) in [7, 11) is 0. The Bertz CT molecular complexity index is 791. The van der Waals surface area contributed by atoms with Gasteiger partial charge in [-0.1, -0.05) is 17.2 Å². The van der Waals surface area contributed by atoms with Crippen molar-refractivity contribution in [3.8, 4) is 11.3 Å². The third kappa shape index (κ3) is 2.80. The van der Waals surface area contributed by atoms with Crippen LogP contribution in [0.1, 0.15) is 26.9 Å². The van der Waals surface area contributed by atoms with Gasteiger partial charge >= 0.3 is 6.01 Å². The van der Waals surface area contributed by atoms with E-state index in [1.165, 1.54) is 11.1 Å². The summed E-state index contributed by atoms with van der Waals surface area (Å²) >= 11 is 1.64. The van der Waals surface area contributed by atoms with E-state index in [2.05, 4.69) is 47.2 Å². The number of hydrogen-bond acceptors (Lipinski definition) is 6. The fraction of sp³-hybridized carbons (Fsp3) is 0.267. The number of thiazole rings is 1. The highest BCUT2D eigenvalue weighted by molar-refractivity contribution is 7.12. The van der Waals surface area contributed by atoms with Crippen LogP contribution < -0.4 is 5.73 Å². The maximum Gasteiger partial charge on any atom is 0.312 e. The number of benzene rings is 1. The molecule has 0 amide bonds. The van der Waals surface area contributed by atoms with Crippen LogP contribution in [0.3, 0.4) is 0 Å². The maximum atomic E-state index is 5.47. The molecule has 108 valence electrons. The zero-order valence-corrected chi connectivity index (χ0v) is 13.0. The largest absolute Gasteiger partial charge is 0.408 e. The van der Waals surface area contributed by atoms with Gasteiger partial charge in [0.15, 0.2) is 0 Å². The predicted octanol–water partition coefficient (Wildman–Crippen LogP) is 3.29. The molecule has 3 rings (SSSR count). The van der Waals surface area contributed by atoms with Crippen LogP contribution in [-0.4, -0.2) is 15.2 Å². The Morgan fingerprint density at radius 3 is 2.62 bits per heavy atom. The molecule has 2 heterocycles. The van der Waals surface area contributed by atoms with E-state index in [1.807, 2.05) is 6.92 Å². The molecule has 6 heteroatoms. The molecule has 0 bridgehead atoms. The molecule has 21 heavy (non-hydrogen) atoms. The van der Waals surface area contributed by atoms with Gasteiger partial charge < -0.3 is 10.2 Å². The Morgan fingerprint density at radius 1 is 1.14 bits per heavy atom. The summed E-state index contributed by atoms with van der Waals surface area (Å²) in [5, 5.41) is 8.64. The minimum Gasteiger partial charge on any atom is -0.408 e. The summed E-state index contributed by atoms with van der Waals surface area (Å²) in [5.74, 6) is 0.515. The minimum absolute atomic E-state index is 0.0963. The molecule has 2 N–H and O–H groups in total. The van der Waals surface area contributed by atoms with Gasteiger partial charge in [0.1, 0.15) is 0 Å². The summed E-state index contributed by atoms with van der Waals surface area (Å²) in [6, 6.07) is 6.48. The van der Waals surface area contributed by atoms with E-state index in [4.69, 9.17) is 10.2 Å². The van der Waals surface area contributed by atoms with Crippen molar-refractivity contribution in [2.75, 3.05) is 5.73 Å². The molecule has 0 fully saturated rings. The third-order valence-electron chi connectivity index (χ3n) is 3.38. The Kier molecular flexibility index (Phi) is 3.47. The van der Waals surface area contributed by atoms with Crippen LogP contribution >= 0.6 is 11.3 Å². The van der Waals surface area contributed by atoms with Gasteiger partial charge in [-0.05, 0) is 38.0 Å². The van der Waals surface area contributed by atoms with Crippen LogP contribution in [0.15, 0.2) is 22.6 Å². The maximum absolute atomic E-state index is 5.47. The average molecular weight is 300 g/mol. The molecule has 1 aromatic carbocycles. The molecular formula is C15H16N4OS. The van der Waals surface area contributed by atoms with Crippen LogP contribution in [0, 0.1) is 20.8 Å². The van der Waals surface area contributed by atoms with Crippen molar-refractivity contribution in [1.29, 1.82) is 0 Å². The lowest BCUT2D eigenvalue weighted by Gasteiger charge is -2.04. The molecule has 0 atom stereocenters. The highest BCUT2D eigenvalue weighted by Crippen LogP contribution is 2.31. The van der Waals surface area contributed by atoms with Crippen LogP contribution in [-0.2, 0) is 6.42 Å². The first-order valence-corrected chi connectivity index (χ1v) is 7.46. The van der Waals surface area contributed by atoms with Crippen LogP contribution in [0.2, 0.25) is 0 Å². The Balaban J connectivity index is 2.00. The first kappa shape index (κ1) is 13.8. The van der Waals surface area contributed by atoms with Crippen molar-refractivity contribution in [3.63, 3.8) is 0 Å². The van der Waals surface area contributed by atoms with Crippen LogP contribution in [0.4, 0.5) is 6.01 Å². The fourth-order valence-corrected chi connectivity index (χ4v) is 3.13. The van der Waals surface area contributed by atoms with Gasteiger partial charge in [-0.25, -0.2) is 4.98 Å². The van der Waals surface area contributed by atoms with Gasteiger partial charge in [0.2, 0.25) is 5.89 Å². The second-order valence-corrected chi connectivity index (χ2v) is 6.30. The van der Waals surface area contributed by atoms with E-state index in [0.29, 0.717) is 12.3 Å². The summed E-state index contributed by atoms with van der Waals surface area (Å²) in [5.41, 5.74) is 10.1. The number of nitrogen functional groups attached to an aromatic ring is 1. The summed E-state index contributed by atoms with van der Waals surface area (Å²) < 4.78 is 5.26.